The summed E-state index contributed by atoms with van der Waals surface area (Å²) >= 11 is 0. The van der Waals surface area contributed by atoms with Crippen molar-refractivity contribution in [3.05, 3.63) is 0 Å². The Morgan fingerprint density at radius 1 is 1.09 bits per heavy atom. The van der Waals surface area contributed by atoms with E-state index in [0.717, 1.165) is 25.7 Å². The molecule has 0 aromatic carbocycles. The van der Waals surface area contributed by atoms with Crippen LogP contribution in [0.3, 0.4) is 0 Å². The quantitative estimate of drug-likeness (QED) is 0.506. The predicted octanol–water partition coefficient (Wildman–Crippen LogP) is -0.364. The molecule has 6 atom stereocenters. The second kappa shape index (κ2) is 8.21. The number of hydrazine groups is 1. The number of fused-ring (bicyclic) bond motifs is 2. The molecule has 3 heterocycles. The van der Waals surface area contributed by atoms with E-state index in [1.807, 2.05) is 4.90 Å². The molecule has 32 heavy (non-hydrogen) atoms. The fourth-order valence-corrected chi connectivity index (χ4v) is 8.09. The van der Waals surface area contributed by atoms with E-state index < -0.39 is 21.4 Å². The molecule has 5 fully saturated rings. The van der Waals surface area contributed by atoms with Gasteiger partial charge >= 0.3 is 0 Å². The van der Waals surface area contributed by atoms with Gasteiger partial charge in [-0.05, 0) is 44.4 Å². The number of nitrogens with one attached hydrogen (secondary N) is 3. The van der Waals surface area contributed by atoms with Gasteiger partial charge in [-0.1, -0.05) is 12.8 Å². The first-order valence-corrected chi connectivity index (χ1v) is 14.2. The van der Waals surface area contributed by atoms with Gasteiger partial charge in [-0.2, -0.15) is 0 Å². The highest BCUT2D eigenvalue weighted by Crippen LogP contribution is 2.43. The summed E-state index contributed by atoms with van der Waals surface area (Å²) in [5, 5.41) is 3.60. The van der Waals surface area contributed by atoms with Gasteiger partial charge in [0.1, 0.15) is 15.9 Å². The van der Waals surface area contributed by atoms with Crippen LogP contribution in [0.2, 0.25) is 0 Å². The smallest absolute Gasteiger partial charge is 0.241 e. The zero-order chi connectivity index (χ0) is 22.7. The first-order valence-electron chi connectivity index (χ1n) is 12.2. The van der Waals surface area contributed by atoms with Crippen molar-refractivity contribution in [3.63, 3.8) is 0 Å². The molecule has 2 amide bonds. The van der Waals surface area contributed by atoms with E-state index in [-0.39, 0.29) is 35.6 Å². The summed E-state index contributed by atoms with van der Waals surface area (Å²) in [7, 11) is -1.45. The summed E-state index contributed by atoms with van der Waals surface area (Å²) in [5.74, 6) is 0.722. The lowest BCUT2D eigenvalue weighted by Crippen LogP contribution is -2.56. The van der Waals surface area contributed by atoms with Crippen LogP contribution in [0.1, 0.15) is 51.4 Å². The maximum Gasteiger partial charge on any atom is 0.241 e. The minimum Gasteiger partial charge on any atom is -0.341 e. The summed E-state index contributed by atoms with van der Waals surface area (Å²) in [4.78, 5) is 30.3. The number of carbonyl (C=O) groups excluding carboxylic acids is 2. The van der Waals surface area contributed by atoms with Crippen LogP contribution in [0.15, 0.2) is 0 Å². The number of piperidine rings is 1. The first kappa shape index (κ1) is 22.6. The van der Waals surface area contributed by atoms with E-state index in [0.29, 0.717) is 25.0 Å². The Kier molecular flexibility index (Phi) is 5.79. The van der Waals surface area contributed by atoms with Crippen LogP contribution < -0.4 is 16.2 Å². The third kappa shape index (κ3) is 4.19. The number of rotatable bonds is 5. The van der Waals surface area contributed by atoms with Crippen molar-refractivity contribution >= 4 is 21.7 Å². The van der Waals surface area contributed by atoms with Crippen LogP contribution in [0.5, 0.6) is 0 Å². The van der Waals surface area contributed by atoms with Gasteiger partial charge in [0.05, 0.1) is 17.3 Å². The average molecular weight is 468 g/mol. The maximum absolute atomic E-state index is 13.4. The van der Waals surface area contributed by atoms with Gasteiger partial charge in [0, 0.05) is 44.4 Å². The van der Waals surface area contributed by atoms with E-state index in [4.69, 9.17) is 0 Å². The number of nitrogens with zero attached hydrogens (tertiary/aromatic N) is 2. The molecule has 180 valence electrons. The summed E-state index contributed by atoms with van der Waals surface area (Å²) < 4.78 is 23.8. The number of hydrogen-bond acceptors (Lipinski definition) is 7. The van der Waals surface area contributed by atoms with Crippen LogP contribution in [0, 0.1) is 11.8 Å². The molecule has 0 aromatic rings. The first-order chi connectivity index (χ1) is 15.2. The second-order valence-corrected chi connectivity index (χ2v) is 13.0. The van der Waals surface area contributed by atoms with Crippen LogP contribution >= 0.6 is 0 Å². The molecule has 0 radical (unpaired) electrons. The fraction of sp³-hybridized carbons (Fsp3) is 0.909. The molecule has 9 nitrogen and oxygen atoms in total. The topological polar surface area (TPSA) is 111 Å². The molecule has 10 heteroatoms. The lowest BCUT2D eigenvalue weighted by Gasteiger charge is -2.38. The van der Waals surface area contributed by atoms with Gasteiger partial charge < -0.3 is 15.1 Å². The average Bonchev–Trinajstić information content (AvgIpc) is 3.21. The highest BCUT2D eigenvalue weighted by Gasteiger charge is 2.54. The van der Waals surface area contributed by atoms with Crippen molar-refractivity contribution in [2.24, 2.45) is 11.8 Å². The van der Waals surface area contributed by atoms with Crippen LogP contribution in [-0.2, 0) is 19.4 Å². The second-order valence-electron chi connectivity index (χ2n) is 10.9. The van der Waals surface area contributed by atoms with Crippen molar-refractivity contribution in [1.29, 1.82) is 0 Å². The zero-order valence-corrected chi connectivity index (χ0v) is 20.0. The van der Waals surface area contributed by atoms with Crippen molar-refractivity contribution in [3.8, 4) is 0 Å². The van der Waals surface area contributed by atoms with Gasteiger partial charge in [-0.15, -0.1) is 0 Å². The fourth-order valence-electron chi connectivity index (χ4n) is 6.63. The van der Waals surface area contributed by atoms with Crippen molar-refractivity contribution in [2.75, 3.05) is 32.1 Å². The molecule has 0 spiro atoms. The number of sulfone groups is 1. The minimum absolute atomic E-state index is 0.0107. The molecule has 5 rings (SSSR count). The molecule has 2 saturated carbocycles. The van der Waals surface area contributed by atoms with Crippen molar-refractivity contribution < 1.29 is 18.0 Å². The van der Waals surface area contributed by atoms with Gasteiger partial charge in [0.2, 0.25) is 11.8 Å². The van der Waals surface area contributed by atoms with E-state index in [1.54, 1.807) is 11.9 Å². The third-order valence-electron chi connectivity index (χ3n) is 8.65. The van der Waals surface area contributed by atoms with Crippen LogP contribution in [0.4, 0.5) is 0 Å². The number of amides is 2. The van der Waals surface area contributed by atoms with Gasteiger partial charge in [0.25, 0.3) is 0 Å². The zero-order valence-electron chi connectivity index (χ0n) is 19.2. The monoisotopic (exact) mass is 467 g/mol. The van der Waals surface area contributed by atoms with Gasteiger partial charge in [0.15, 0.2) is 0 Å². The molecule has 0 bridgehead atoms. The van der Waals surface area contributed by atoms with E-state index in [2.05, 4.69) is 16.2 Å². The largest absolute Gasteiger partial charge is 0.341 e. The normalized spacial score (nSPS) is 38.1. The van der Waals surface area contributed by atoms with Crippen molar-refractivity contribution in [1.82, 2.24) is 26.0 Å². The Balaban J connectivity index is 1.24. The Labute approximate surface area is 190 Å². The molecule has 5 aliphatic rings. The predicted molar refractivity (Wildman–Crippen MR) is 120 cm³/mol. The highest BCUT2D eigenvalue weighted by molar-refractivity contribution is 7.90. The Morgan fingerprint density at radius 2 is 1.84 bits per heavy atom. The van der Waals surface area contributed by atoms with E-state index >= 15 is 0 Å². The number of hydrogen-bond donors (Lipinski definition) is 3. The summed E-state index contributed by atoms with van der Waals surface area (Å²) in [6.07, 6.45) is 9.32. The summed E-state index contributed by atoms with van der Waals surface area (Å²) in [5.41, 5.74) is 5.86. The molecule has 2 aliphatic carbocycles. The molecular weight excluding hydrogens is 430 g/mol. The molecule has 0 aromatic heterocycles. The number of likely N-dealkylation sites (N-methyl/N-ethyl adjacent to an activating group) is 1. The highest BCUT2D eigenvalue weighted by atomic mass is 32.2. The Hall–Kier alpha value is -1.23. The van der Waals surface area contributed by atoms with Crippen LogP contribution in [-0.4, -0.2) is 91.9 Å². The maximum atomic E-state index is 13.4. The van der Waals surface area contributed by atoms with Crippen molar-refractivity contribution in [2.45, 2.75) is 81.1 Å². The minimum atomic E-state index is -3.17. The van der Waals surface area contributed by atoms with Gasteiger partial charge in [-0.25, -0.2) is 13.8 Å². The van der Waals surface area contributed by atoms with E-state index in [9.17, 15) is 18.0 Å². The molecular formula is C22H37N5O4S. The lowest BCUT2D eigenvalue weighted by molar-refractivity contribution is -0.139. The standard InChI is InChI=1S/C22H37N5O4S/c1-26(22(8-9-22)13-32(2,30)31)21(29)19-15-12-27(10-7-17(15)24-25-19)20(28)18-11-14-5-3-4-6-16(14)23-18/h14-19,23-25H,3-13H2,1-2H3. The Morgan fingerprint density at radius 3 is 2.53 bits per heavy atom. The number of likely N-dealkylation sites (tertiary alicyclic amines) is 1. The summed E-state index contributed by atoms with van der Waals surface area (Å²) in [6, 6.07) is 0.0863. The molecule has 6 unspecified atom stereocenters. The molecule has 3 aliphatic heterocycles. The Bertz CT molecular complexity index is 862. The van der Waals surface area contributed by atoms with Gasteiger partial charge in [-0.3, -0.25) is 15.0 Å². The number of carbonyl (C=O) groups is 2. The summed E-state index contributed by atoms with van der Waals surface area (Å²) in [6.45, 7) is 1.26. The third-order valence-corrected chi connectivity index (χ3v) is 9.71. The van der Waals surface area contributed by atoms with Crippen LogP contribution in [0.25, 0.3) is 0 Å². The molecule has 3 saturated heterocycles. The SMILES string of the molecule is CN(C(=O)C1NNC2CCN(C(=O)C3CC4CCCCC4N3)CC21)C1(CS(C)(=O)=O)CC1. The lowest BCUT2D eigenvalue weighted by atomic mass is 9.84. The molecule has 3 N–H and O–H groups in total. The van der Waals surface area contributed by atoms with E-state index in [1.165, 1.54) is 31.9 Å².